The zero-order valence-corrected chi connectivity index (χ0v) is 12.1. The third kappa shape index (κ3) is 2.84. The summed E-state index contributed by atoms with van der Waals surface area (Å²) in [6.45, 7) is 3.33. The van der Waals surface area contributed by atoms with Crippen molar-refractivity contribution in [1.29, 1.82) is 0 Å². The first kappa shape index (κ1) is 13.1. The number of aromatic nitrogens is 1. The molecule has 2 heteroatoms. The maximum Gasteiger partial charge on any atom is 0.0469 e. The van der Waals surface area contributed by atoms with Crippen molar-refractivity contribution >= 4 is 0 Å². The Hall–Kier alpha value is -0.890. The molecular formula is C17H26N2. The van der Waals surface area contributed by atoms with E-state index in [0.717, 1.165) is 24.4 Å². The van der Waals surface area contributed by atoms with Crippen LogP contribution in [-0.4, -0.2) is 17.6 Å². The largest absolute Gasteiger partial charge is 0.314 e. The van der Waals surface area contributed by atoms with Gasteiger partial charge in [0.1, 0.15) is 0 Å². The van der Waals surface area contributed by atoms with Crippen LogP contribution >= 0.6 is 0 Å². The van der Waals surface area contributed by atoms with E-state index in [4.69, 9.17) is 4.98 Å². The van der Waals surface area contributed by atoms with Crippen LogP contribution in [0.15, 0.2) is 18.3 Å². The summed E-state index contributed by atoms with van der Waals surface area (Å²) in [6.07, 6.45) is 11.5. The van der Waals surface area contributed by atoms with Crippen molar-refractivity contribution in [2.24, 2.45) is 5.92 Å². The zero-order valence-electron chi connectivity index (χ0n) is 12.1. The molecule has 3 rings (SSSR count). The molecule has 0 bridgehead atoms. The number of hydrogen-bond donors (Lipinski definition) is 1. The molecular weight excluding hydrogens is 232 g/mol. The van der Waals surface area contributed by atoms with Crippen LogP contribution in [0, 0.1) is 5.92 Å². The molecule has 104 valence electrons. The summed E-state index contributed by atoms with van der Waals surface area (Å²) in [4.78, 5) is 4.73. The lowest BCUT2D eigenvalue weighted by molar-refractivity contribution is 0.236. The van der Waals surface area contributed by atoms with E-state index < -0.39 is 0 Å². The molecule has 0 aromatic carbocycles. The van der Waals surface area contributed by atoms with Crippen LogP contribution in [0.5, 0.6) is 0 Å². The van der Waals surface area contributed by atoms with E-state index >= 15 is 0 Å². The van der Waals surface area contributed by atoms with Crippen LogP contribution in [-0.2, 0) is 6.42 Å². The minimum absolute atomic E-state index is 0.728. The summed E-state index contributed by atoms with van der Waals surface area (Å²) in [5, 5.41) is 3.66. The predicted octanol–water partition coefficient (Wildman–Crippen LogP) is 3.67. The Balaban J connectivity index is 1.75. The highest BCUT2D eigenvalue weighted by atomic mass is 14.9. The standard InChI is InChI=1S/C17H26N2/c1-2-18-15-9-3-7-14(12-15)16-10-4-6-13-8-5-11-19-17(13)16/h5,8,11,14-16,18H,2-4,6-7,9-10,12H2,1H3. The van der Waals surface area contributed by atoms with Crippen molar-refractivity contribution < 1.29 is 0 Å². The van der Waals surface area contributed by atoms with Gasteiger partial charge in [-0.05, 0) is 62.6 Å². The Bertz CT molecular complexity index is 413. The summed E-state index contributed by atoms with van der Waals surface area (Å²) in [5.74, 6) is 1.58. The molecule has 2 aliphatic carbocycles. The molecule has 2 aliphatic rings. The highest BCUT2D eigenvalue weighted by Crippen LogP contribution is 2.42. The van der Waals surface area contributed by atoms with Gasteiger partial charge < -0.3 is 5.32 Å². The first-order valence-electron chi connectivity index (χ1n) is 8.05. The van der Waals surface area contributed by atoms with Gasteiger partial charge in [0.2, 0.25) is 0 Å². The predicted molar refractivity (Wildman–Crippen MR) is 79.3 cm³/mol. The van der Waals surface area contributed by atoms with Gasteiger partial charge in [-0.3, -0.25) is 4.98 Å². The second-order valence-corrected chi connectivity index (χ2v) is 6.23. The van der Waals surface area contributed by atoms with Gasteiger partial charge in [-0.1, -0.05) is 19.4 Å². The average Bonchev–Trinajstić information content (AvgIpc) is 2.47. The monoisotopic (exact) mass is 258 g/mol. The number of pyridine rings is 1. The molecule has 0 saturated heterocycles. The lowest BCUT2D eigenvalue weighted by atomic mass is 9.71. The van der Waals surface area contributed by atoms with Gasteiger partial charge in [0.25, 0.3) is 0 Å². The van der Waals surface area contributed by atoms with Crippen molar-refractivity contribution in [2.45, 2.75) is 63.8 Å². The van der Waals surface area contributed by atoms with Gasteiger partial charge in [-0.25, -0.2) is 0 Å². The van der Waals surface area contributed by atoms with Gasteiger partial charge in [0.15, 0.2) is 0 Å². The molecule has 0 amide bonds. The van der Waals surface area contributed by atoms with Gasteiger partial charge >= 0.3 is 0 Å². The topological polar surface area (TPSA) is 24.9 Å². The number of hydrogen-bond acceptors (Lipinski definition) is 2. The quantitative estimate of drug-likeness (QED) is 0.895. The molecule has 3 atom stereocenters. The second-order valence-electron chi connectivity index (χ2n) is 6.23. The van der Waals surface area contributed by atoms with Crippen molar-refractivity contribution in [1.82, 2.24) is 10.3 Å². The maximum absolute atomic E-state index is 4.73. The fourth-order valence-electron chi connectivity index (χ4n) is 4.17. The van der Waals surface area contributed by atoms with E-state index in [2.05, 4.69) is 24.4 Å². The normalized spacial score (nSPS) is 30.9. The molecule has 1 aromatic heterocycles. The smallest absolute Gasteiger partial charge is 0.0469 e. The molecule has 1 saturated carbocycles. The Labute approximate surface area is 117 Å². The van der Waals surface area contributed by atoms with Crippen LogP contribution in [0.4, 0.5) is 0 Å². The molecule has 2 nitrogen and oxygen atoms in total. The van der Waals surface area contributed by atoms with Crippen molar-refractivity contribution in [3.05, 3.63) is 29.6 Å². The Morgan fingerprint density at radius 3 is 3.11 bits per heavy atom. The van der Waals surface area contributed by atoms with Gasteiger partial charge in [-0.2, -0.15) is 0 Å². The zero-order chi connectivity index (χ0) is 13.1. The molecule has 0 radical (unpaired) electrons. The van der Waals surface area contributed by atoms with E-state index in [1.165, 1.54) is 56.2 Å². The van der Waals surface area contributed by atoms with Crippen molar-refractivity contribution in [3.8, 4) is 0 Å². The highest BCUT2D eigenvalue weighted by Gasteiger charge is 2.32. The molecule has 0 spiro atoms. The van der Waals surface area contributed by atoms with Crippen LogP contribution in [0.25, 0.3) is 0 Å². The number of aryl methyl sites for hydroxylation is 1. The summed E-state index contributed by atoms with van der Waals surface area (Å²) in [6, 6.07) is 5.14. The molecule has 0 aliphatic heterocycles. The van der Waals surface area contributed by atoms with Gasteiger partial charge in [-0.15, -0.1) is 0 Å². The van der Waals surface area contributed by atoms with E-state index in [1.54, 1.807) is 0 Å². The van der Waals surface area contributed by atoms with Crippen LogP contribution in [0.1, 0.15) is 62.6 Å². The lowest BCUT2D eigenvalue weighted by Crippen LogP contribution is -2.36. The van der Waals surface area contributed by atoms with E-state index in [-0.39, 0.29) is 0 Å². The summed E-state index contributed by atoms with van der Waals surface area (Å²) in [5.41, 5.74) is 2.94. The lowest BCUT2D eigenvalue weighted by Gasteiger charge is -2.37. The van der Waals surface area contributed by atoms with E-state index in [0.29, 0.717) is 0 Å². The maximum atomic E-state index is 4.73. The summed E-state index contributed by atoms with van der Waals surface area (Å²) >= 11 is 0. The van der Waals surface area contributed by atoms with Crippen molar-refractivity contribution in [2.75, 3.05) is 6.54 Å². The molecule has 19 heavy (non-hydrogen) atoms. The van der Waals surface area contributed by atoms with Crippen molar-refractivity contribution in [3.63, 3.8) is 0 Å². The minimum Gasteiger partial charge on any atom is -0.314 e. The fourth-order valence-corrected chi connectivity index (χ4v) is 4.17. The molecule has 1 aromatic rings. The van der Waals surface area contributed by atoms with E-state index in [1.807, 2.05) is 6.20 Å². The van der Waals surface area contributed by atoms with E-state index in [9.17, 15) is 0 Å². The van der Waals surface area contributed by atoms with Gasteiger partial charge in [0, 0.05) is 23.9 Å². The fraction of sp³-hybridized carbons (Fsp3) is 0.706. The average molecular weight is 258 g/mol. The summed E-state index contributed by atoms with van der Waals surface area (Å²) < 4.78 is 0. The molecule has 1 heterocycles. The third-order valence-electron chi connectivity index (χ3n) is 5.02. The van der Waals surface area contributed by atoms with Crippen LogP contribution < -0.4 is 5.32 Å². The Morgan fingerprint density at radius 1 is 1.26 bits per heavy atom. The Kier molecular flexibility index (Phi) is 4.17. The van der Waals surface area contributed by atoms with Gasteiger partial charge in [0.05, 0.1) is 0 Å². The SMILES string of the molecule is CCNC1CCCC(C2CCCc3cccnc32)C1. The van der Waals surface area contributed by atoms with Crippen LogP contribution in [0.2, 0.25) is 0 Å². The summed E-state index contributed by atoms with van der Waals surface area (Å²) in [7, 11) is 0. The number of nitrogens with zero attached hydrogens (tertiary/aromatic N) is 1. The molecule has 3 unspecified atom stereocenters. The second kappa shape index (κ2) is 6.04. The first-order chi connectivity index (χ1) is 9.38. The number of nitrogens with one attached hydrogen (secondary N) is 1. The Morgan fingerprint density at radius 2 is 2.21 bits per heavy atom. The first-order valence-corrected chi connectivity index (χ1v) is 8.05. The minimum atomic E-state index is 0.728. The number of fused-ring (bicyclic) bond motifs is 1. The molecule has 1 N–H and O–H groups in total. The number of rotatable bonds is 3. The van der Waals surface area contributed by atoms with Crippen LogP contribution in [0.3, 0.4) is 0 Å². The molecule has 1 fully saturated rings. The third-order valence-corrected chi connectivity index (χ3v) is 5.02. The highest BCUT2D eigenvalue weighted by molar-refractivity contribution is 5.26.